The van der Waals surface area contributed by atoms with Gasteiger partial charge in [-0.2, -0.15) is 4.57 Å². The molecular weight excluding hydrogens is 346 g/mol. The Labute approximate surface area is 130 Å². The average molecular weight is 360 g/mol. The van der Waals surface area contributed by atoms with Gasteiger partial charge in [0.2, 0.25) is 0 Å². The van der Waals surface area contributed by atoms with E-state index in [4.69, 9.17) is 21.1 Å². The van der Waals surface area contributed by atoms with Crippen LogP contribution in [0.5, 0.6) is 0 Å². The molecule has 4 N–H and O–H groups in total. The molecule has 1 amide bonds. The van der Waals surface area contributed by atoms with Crippen LogP contribution in [0.4, 0.5) is 0 Å². The lowest BCUT2D eigenvalue weighted by atomic mass is 10.1. The predicted molar refractivity (Wildman–Crippen MR) is 65.1 cm³/mol. The molecule has 1 aliphatic heterocycles. The van der Waals surface area contributed by atoms with Crippen LogP contribution < -0.4 is 27.3 Å². The van der Waals surface area contributed by atoms with Gasteiger partial charge in [0.1, 0.15) is 17.8 Å². The molecule has 0 spiro atoms. The number of ether oxygens (including phenoxy) is 1. The first-order valence-corrected chi connectivity index (χ1v) is 5.87. The molecule has 0 radical (unpaired) electrons. The minimum Gasteiger partial charge on any atom is -1.00 e. The zero-order chi connectivity index (χ0) is 14.7. The SMILES string of the molecule is [Br-].[N-]=[N+]=N[C@@H]1[C@H](O)[C@@H](CO)O[C@H]1[n+]1cccc(C(N)=O)c1. The Bertz CT molecular complexity index is 565. The van der Waals surface area contributed by atoms with Gasteiger partial charge in [-0.15, -0.1) is 0 Å². The number of aliphatic hydroxyl groups excluding tert-OH is 2. The molecule has 2 rings (SSSR count). The number of pyridine rings is 1. The number of amides is 1. The highest BCUT2D eigenvalue weighted by atomic mass is 79.9. The molecule has 114 valence electrons. The molecule has 9 nitrogen and oxygen atoms in total. The van der Waals surface area contributed by atoms with Crippen molar-refractivity contribution < 1.29 is 41.3 Å². The highest BCUT2D eigenvalue weighted by Crippen LogP contribution is 2.28. The molecule has 4 atom stereocenters. The lowest BCUT2D eigenvalue weighted by Gasteiger charge is -2.10. The summed E-state index contributed by atoms with van der Waals surface area (Å²) in [6.07, 6.45) is 0.200. The van der Waals surface area contributed by atoms with E-state index in [1.54, 1.807) is 12.3 Å². The van der Waals surface area contributed by atoms with Crippen LogP contribution in [0.2, 0.25) is 0 Å². The molecule has 0 saturated carbocycles. The smallest absolute Gasteiger partial charge is 0.274 e. The minimum atomic E-state index is -1.13. The molecule has 1 saturated heterocycles. The lowest BCUT2D eigenvalue weighted by molar-refractivity contribution is -0.761. The first kappa shape index (κ1) is 17.3. The van der Waals surface area contributed by atoms with Gasteiger partial charge in [0.25, 0.3) is 12.1 Å². The maximum Gasteiger partial charge on any atom is 0.274 e. The summed E-state index contributed by atoms with van der Waals surface area (Å²) in [5.41, 5.74) is 14.0. The second kappa shape index (κ2) is 7.34. The third-order valence-corrected chi connectivity index (χ3v) is 3.10. The molecular formula is C11H14BrN5O4. The highest BCUT2D eigenvalue weighted by Gasteiger charge is 2.48. The molecule has 0 unspecified atom stereocenters. The summed E-state index contributed by atoms with van der Waals surface area (Å²) in [5.74, 6) is -0.614. The Balaban J connectivity index is 0.00000220. The van der Waals surface area contributed by atoms with Gasteiger partial charge in [-0.3, -0.25) is 4.79 Å². The summed E-state index contributed by atoms with van der Waals surface area (Å²) in [5, 5.41) is 22.6. The molecule has 2 heterocycles. The molecule has 21 heavy (non-hydrogen) atoms. The monoisotopic (exact) mass is 359 g/mol. The van der Waals surface area contributed by atoms with Crippen LogP contribution in [0.1, 0.15) is 16.6 Å². The van der Waals surface area contributed by atoms with Gasteiger partial charge >= 0.3 is 0 Å². The van der Waals surface area contributed by atoms with Crippen LogP contribution in [-0.4, -0.2) is 41.0 Å². The fraction of sp³-hybridized carbons (Fsp3) is 0.455. The first-order valence-electron chi connectivity index (χ1n) is 5.87. The third-order valence-electron chi connectivity index (χ3n) is 3.10. The second-order valence-corrected chi connectivity index (χ2v) is 4.34. The maximum absolute atomic E-state index is 11.2. The van der Waals surface area contributed by atoms with E-state index >= 15 is 0 Å². The molecule has 10 heteroatoms. The molecule has 0 aromatic carbocycles. The van der Waals surface area contributed by atoms with Crippen molar-refractivity contribution in [1.29, 1.82) is 0 Å². The largest absolute Gasteiger partial charge is 1.00 e. The van der Waals surface area contributed by atoms with Crippen LogP contribution >= 0.6 is 0 Å². The molecule has 0 aliphatic carbocycles. The number of aromatic nitrogens is 1. The molecule has 1 fully saturated rings. The Hall–Kier alpha value is -1.71. The summed E-state index contributed by atoms with van der Waals surface area (Å²) in [7, 11) is 0. The number of carbonyl (C=O) groups is 1. The van der Waals surface area contributed by atoms with Gasteiger partial charge in [-0.1, -0.05) is 5.11 Å². The fourth-order valence-electron chi connectivity index (χ4n) is 2.11. The summed E-state index contributed by atoms with van der Waals surface area (Å²) in [4.78, 5) is 13.8. The fourth-order valence-corrected chi connectivity index (χ4v) is 2.11. The van der Waals surface area contributed by atoms with Gasteiger partial charge in [-0.05, 0) is 11.6 Å². The van der Waals surface area contributed by atoms with E-state index in [0.717, 1.165) is 0 Å². The van der Waals surface area contributed by atoms with Crippen LogP contribution in [0.15, 0.2) is 29.6 Å². The number of aliphatic hydroxyl groups is 2. The van der Waals surface area contributed by atoms with E-state index < -0.39 is 37.0 Å². The van der Waals surface area contributed by atoms with Crippen LogP contribution in [0, 0.1) is 0 Å². The van der Waals surface area contributed by atoms with E-state index in [1.165, 1.54) is 16.8 Å². The molecule has 1 aliphatic rings. The number of nitrogens with two attached hydrogens (primary N) is 1. The van der Waals surface area contributed by atoms with Crippen LogP contribution in [0.25, 0.3) is 10.4 Å². The third kappa shape index (κ3) is 3.49. The van der Waals surface area contributed by atoms with Gasteiger partial charge in [0.15, 0.2) is 18.4 Å². The van der Waals surface area contributed by atoms with Crippen molar-refractivity contribution in [2.45, 2.75) is 24.5 Å². The van der Waals surface area contributed by atoms with Crippen molar-refractivity contribution in [2.75, 3.05) is 6.61 Å². The van der Waals surface area contributed by atoms with Gasteiger partial charge < -0.3 is 37.7 Å². The quantitative estimate of drug-likeness (QED) is 0.217. The maximum atomic E-state index is 11.2. The van der Waals surface area contributed by atoms with Gasteiger partial charge in [-0.25, -0.2) is 0 Å². The number of rotatable bonds is 4. The Morgan fingerprint density at radius 3 is 2.90 bits per heavy atom. The molecule has 1 aromatic heterocycles. The summed E-state index contributed by atoms with van der Waals surface area (Å²) in [6, 6.07) is 2.19. The van der Waals surface area contributed by atoms with Crippen molar-refractivity contribution in [2.24, 2.45) is 10.8 Å². The Kier molecular flexibility index (Phi) is 6.06. The van der Waals surface area contributed by atoms with Gasteiger partial charge in [0.05, 0.1) is 6.61 Å². The number of carbonyl (C=O) groups excluding carboxylic acids is 1. The van der Waals surface area contributed by atoms with E-state index in [-0.39, 0.29) is 22.5 Å². The summed E-state index contributed by atoms with van der Waals surface area (Å²) >= 11 is 0. The number of halogens is 1. The van der Waals surface area contributed by atoms with E-state index in [9.17, 15) is 9.90 Å². The normalized spacial score (nSPS) is 27.5. The highest BCUT2D eigenvalue weighted by molar-refractivity contribution is 5.92. The Morgan fingerprint density at radius 2 is 2.33 bits per heavy atom. The number of azide groups is 1. The topological polar surface area (TPSA) is 145 Å². The summed E-state index contributed by atoms with van der Waals surface area (Å²) < 4.78 is 6.93. The number of nitrogens with zero attached hydrogens (tertiary/aromatic N) is 4. The minimum absolute atomic E-state index is 0. The first-order chi connectivity index (χ1) is 9.58. The molecule has 1 aromatic rings. The second-order valence-electron chi connectivity index (χ2n) is 4.34. The number of primary amides is 1. The van der Waals surface area contributed by atoms with Crippen molar-refractivity contribution >= 4 is 5.91 Å². The zero-order valence-corrected chi connectivity index (χ0v) is 12.4. The number of hydrogen-bond acceptors (Lipinski definition) is 5. The Morgan fingerprint density at radius 1 is 1.62 bits per heavy atom. The van der Waals surface area contributed by atoms with Gasteiger partial charge in [0, 0.05) is 11.0 Å². The van der Waals surface area contributed by atoms with Crippen LogP contribution in [-0.2, 0) is 4.74 Å². The van der Waals surface area contributed by atoms with E-state index in [1.807, 2.05) is 0 Å². The van der Waals surface area contributed by atoms with Crippen LogP contribution in [0.3, 0.4) is 0 Å². The molecule has 0 bridgehead atoms. The van der Waals surface area contributed by atoms with Crippen molar-refractivity contribution in [3.63, 3.8) is 0 Å². The van der Waals surface area contributed by atoms with E-state index in [0.29, 0.717) is 0 Å². The van der Waals surface area contributed by atoms with Crippen molar-refractivity contribution in [1.82, 2.24) is 0 Å². The van der Waals surface area contributed by atoms with Crippen molar-refractivity contribution in [3.05, 3.63) is 40.5 Å². The lowest BCUT2D eigenvalue weighted by Crippen LogP contribution is -3.00. The predicted octanol–water partition coefficient (Wildman–Crippen LogP) is -3.99. The van der Waals surface area contributed by atoms with Crippen molar-refractivity contribution in [3.8, 4) is 0 Å². The average Bonchev–Trinajstić information content (AvgIpc) is 2.76. The van der Waals surface area contributed by atoms with E-state index in [2.05, 4.69) is 10.0 Å². The summed E-state index contributed by atoms with van der Waals surface area (Å²) in [6.45, 7) is -0.412. The standard InChI is InChI=1S/C11H13N5O4.BrH/c12-10(19)6-2-1-3-16(4-6)11-8(14-15-13)9(18)7(5-17)20-11;/h1-4,7-9,11,17-18H,5H2,(H-,12,19);1H/t7-,8-,9-,11-;/m1./s1. The number of hydrogen-bond donors (Lipinski definition) is 3. The zero-order valence-electron chi connectivity index (χ0n) is 10.8.